The molecule has 1 amide bonds. The van der Waals surface area contributed by atoms with Gasteiger partial charge in [0.15, 0.2) is 0 Å². The minimum atomic E-state index is -0.0226. The minimum absolute atomic E-state index is 0.0226. The summed E-state index contributed by atoms with van der Waals surface area (Å²) in [5, 5.41) is 3.76. The van der Waals surface area contributed by atoms with Gasteiger partial charge in [-0.2, -0.15) is 0 Å². The molecule has 2 rings (SSSR count). The van der Waals surface area contributed by atoms with Gasteiger partial charge in [-0.3, -0.25) is 4.79 Å². The van der Waals surface area contributed by atoms with Gasteiger partial charge in [0, 0.05) is 28.6 Å². The van der Waals surface area contributed by atoms with Crippen LogP contribution in [0.1, 0.15) is 43.0 Å². The predicted octanol–water partition coefficient (Wildman–Crippen LogP) is 4.10. The zero-order valence-corrected chi connectivity index (χ0v) is 14.7. The predicted molar refractivity (Wildman–Crippen MR) is 91.0 cm³/mol. The minimum Gasteiger partial charge on any atom is -0.349 e. The Kier molecular flexibility index (Phi) is 6.52. The van der Waals surface area contributed by atoms with E-state index in [4.69, 9.17) is 11.6 Å². The number of piperidine rings is 1. The van der Waals surface area contributed by atoms with Crippen molar-refractivity contribution in [2.24, 2.45) is 0 Å². The Hall–Kier alpha value is -0.580. The molecular weight excluding hydrogens is 352 g/mol. The topological polar surface area (TPSA) is 32.3 Å². The molecule has 1 saturated heterocycles. The fraction of sp³-hybridized carbons (Fsp3) is 0.562. The molecule has 1 aromatic rings. The number of benzene rings is 1. The molecule has 0 unspecified atom stereocenters. The van der Waals surface area contributed by atoms with Crippen molar-refractivity contribution in [3.63, 3.8) is 0 Å². The van der Waals surface area contributed by atoms with Crippen LogP contribution >= 0.6 is 27.5 Å². The van der Waals surface area contributed by atoms with Gasteiger partial charge in [-0.05, 0) is 59.9 Å². The van der Waals surface area contributed by atoms with Gasteiger partial charge in [-0.25, -0.2) is 0 Å². The molecule has 0 atom stereocenters. The number of carbonyl (C=O) groups is 1. The number of halogens is 2. The quantitative estimate of drug-likeness (QED) is 0.843. The van der Waals surface area contributed by atoms with Crippen LogP contribution in [0.5, 0.6) is 0 Å². The highest BCUT2D eigenvalue weighted by atomic mass is 79.9. The van der Waals surface area contributed by atoms with Crippen LogP contribution in [0.2, 0.25) is 5.02 Å². The van der Waals surface area contributed by atoms with E-state index in [9.17, 15) is 4.79 Å². The van der Waals surface area contributed by atoms with Gasteiger partial charge in [-0.1, -0.05) is 24.9 Å². The largest absolute Gasteiger partial charge is 0.349 e. The van der Waals surface area contributed by atoms with Crippen LogP contribution in [0, 0.1) is 0 Å². The molecule has 3 nitrogen and oxygen atoms in total. The summed E-state index contributed by atoms with van der Waals surface area (Å²) >= 11 is 9.30. The van der Waals surface area contributed by atoms with Crippen LogP contribution in [0.15, 0.2) is 22.7 Å². The second kappa shape index (κ2) is 8.16. The van der Waals surface area contributed by atoms with Gasteiger partial charge >= 0.3 is 0 Å². The highest BCUT2D eigenvalue weighted by Gasteiger charge is 2.21. The first-order chi connectivity index (χ1) is 10.1. The third-order valence-electron chi connectivity index (χ3n) is 3.93. The third kappa shape index (κ3) is 4.97. The maximum atomic E-state index is 12.3. The molecule has 1 heterocycles. The smallest absolute Gasteiger partial charge is 0.252 e. The van der Waals surface area contributed by atoms with E-state index in [2.05, 4.69) is 33.1 Å². The Morgan fingerprint density at radius 2 is 2.14 bits per heavy atom. The van der Waals surface area contributed by atoms with E-state index in [0.717, 1.165) is 30.4 Å². The number of unbranched alkanes of at least 4 members (excludes halogenated alkanes) is 1. The molecule has 116 valence electrons. The lowest BCUT2D eigenvalue weighted by Gasteiger charge is -2.32. The Bertz CT molecular complexity index is 487. The molecule has 1 aliphatic heterocycles. The number of likely N-dealkylation sites (tertiary alicyclic amines) is 1. The highest BCUT2D eigenvalue weighted by molar-refractivity contribution is 9.10. The average Bonchev–Trinajstić information content (AvgIpc) is 2.46. The number of nitrogens with zero attached hydrogens (tertiary/aromatic N) is 1. The summed E-state index contributed by atoms with van der Waals surface area (Å²) in [6, 6.07) is 5.54. The van der Waals surface area contributed by atoms with Crippen molar-refractivity contribution >= 4 is 33.4 Å². The number of amides is 1. The molecule has 0 aliphatic carbocycles. The number of hydrogen-bond donors (Lipinski definition) is 1. The van der Waals surface area contributed by atoms with Crippen molar-refractivity contribution in [3.8, 4) is 0 Å². The molecule has 1 fully saturated rings. The van der Waals surface area contributed by atoms with Crippen LogP contribution in [-0.2, 0) is 0 Å². The zero-order valence-electron chi connectivity index (χ0n) is 12.4. The third-order valence-corrected chi connectivity index (χ3v) is 4.82. The van der Waals surface area contributed by atoms with E-state index in [1.165, 1.54) is 19.4 Å². The van der Waals surface area contributed by atoms with Gasteiger partial charge in [0.2, 0.25) is 0 Å². The molecule has 1 aromatic carbocycles. The number of hydrogen-bond acceptors (Lipinski definition) is 2. The SMILES string of the molecule is CCCCN1CCC(NC(=O)c2ccc(Cl)cc2Br)CC1. The first-order valence-electron chi connectivity index (χ1n) is 7.58. The van der Waals surface area contributed by atoms with Crippen LogP contribution < -0.4 is 5.32 Å². The fourth-order valence-corrected chi connectivity index (χ4v) is 3.48. The Balaban J connectivity index is 1.84. The van der Waals surface area contributed by atoms with Gasteiger partial charge in [0.1, 0.15) is 0 Å². The Morgan fingerprint density at radius 1 is 1.43 bits per heavy atom. The lowest BCUT2D eigenvalue weighted by atomic mass is 10.0. The molecule has 0 saturated carbocycles. The molecule has 0 spiro atoms. The van der Waals surface area contributed by atoms with Gasteiger partial charge in [0.25, 0.3) is 5.91 Å². The summed E-state index contributed by atoms with van der Waals surface area (Å²) in [5.41, 5.74) is 0.646. The molecule has 21 heavy (non-hydrogen) atoms. The summed E-state index contributed by atoms with van der Waals surface area (Å²) in [5.74, 6) is -0.0226. The van der Waals surface area contributed by atoms with Crippen molar-refractivity contribution in [2.75, 3.05) is 19.6 Å². The lowest BCUT2D eigenvalue weighted by Crippen LogP contribution is -2.44. The zero-order chi connectivity index (χ0) is 15.2. The molecule has 0 radical (unpaired) electrons. The second-order valence-corrected chi connectivity index (χ2v) is 6.86. The maximum absolute atomic E-state index is 12.3. The Morgan fingerprint density at radius 3 is 2.76 bits per heavy atom. The summed E-state index contributed by atoms with van der Waals surface area (Å²) in [7, 11) is 0. The van der Waals surface area contributed by atoms with Gasteiger partial charge < -0.3 is 10.2 Å². The monoisotopic (exact) mass is 372 g/mol. The lowest BCUT2D eigenvalue weighted by molar-refractivity contribution is 0.0910. The van der Waals surface area contributed by atoms with Crippen LogP contribution in [-0.4, -0.2) is 36.5 Å². The van der Waals surface area contributed by atoms with Crippen molar-refractivity contribution < 1.29 is 4.79 Å². The summed E-state index contributed by atoms with van der Waals surface area (Å²) < 4.78 is 0.743. The van der Waals surface area contributed by atoms with E-state index in [-0.39, 0.29) is 11.9 Å². The average molecular weight is 374 g/mol. The summed E-state index contributed by atoms with van der Waals surface area (Å²) in [6.45, 7) is 5.55. The van der Waals surface area contributed by atoms with Crippen molar-refractivity contribution in [2.45, 2.75) is 38.6 Å². The molecule has 1 aliphatic rings. The van der Waals surface area contributed by atoms with Crippen molar-refractivity contribution in [1.29, 1.82) is 0 Å². The van der Waals surface area contributed by atoms with Gasteiger partial charge in [0.05, 0.1) is 5.56 Å². The number of rotatable bonds is 5. The number of carbonyl (C=O) groups excluding carboxylic acids is 1. The van der Waals surface area contributed by atoms with E-state index in [1.807, 2.05) is 0 Å². The fourth-order valence-electron chi connectivity index (χ4n) is 2.62. The van der Waals surface area contributed by atoms with E-state index in [1.54, 1.807) is 18.2 Å². The summed E-state index contributed by atoms with van der Waals surface area (Å²) in [4.78, 5) is 14.8. The molecule has 5 heteroatoms. The van der Waals surface area contributed by atoms with E-state index >= 15 is 0 Å². The first-order valence-corrected chi connectivity index (χ1v) is 8.75. The first kappa shape index (κ1) is 16.8. The van der Waals surface area contributed by atoms with E-state index in [0.29, 0.717) is 10.6 Å². The Labute approximate surface area is 140 Å². The summed E-state index contributed by atoms with van der Waals surface area (Å²) in [6.07, 6.45) is 4.55. The highest BCUT2D eigenvalue weighted by Crippen LogP contribution is 2.22. The standard InChI is InChI=1S/C16H22BrClN2O/c1-2-3-8-20-9-6-13(7-10-20)19-16(21)14-5-4-12(18)11-15(14)17/h4-5,11,13H,2-3,6-10H2,1H3,(H,19,21). The molecule has 0 aromatic heterocycles. The normalized spacial score (nSPS) is 16.9. The van der Waals surface area contributed by atoms with Crippen LogP contribution in [0.3, 0.4) is 0 Å². The molecule has 1 N–H and O–H groups in total. The molecular formula is C16H22BrClN2O. The van der Waals surface area contributed by atoms with Crippen LogP contribution in [0.25, 0.3) is 0 Å². The molecule has 0 bridgehead atoms. The van der Waals surface area contributed by atoms with Crippen LogP contribution in [0.4, 0.5) is 0 Å². The maximum Gasteiger partial charge on any atom is 0.252 e. The number of nitrogens with one attached hydrogen (secondary N) is 1. The van der Waals surface area contributed by atoms with Crippen molar-refractivity contribution in [1.82, 2.24) is 10.2 Å². The van der Waals surface area contributed by atoms with Gasteiger partial charge in [-0.15, -0.1) is 0 Å². The van der Waals surface area contributed by atoms with E-state index < -0.39 is 0 Å². The van der Waals surface area contributed by atoms with Crippen molar-refractivity contribution in [3.05, 3.63) is 33.3 Å². The second-order valence-electron chi connectivity index (χ2n) is 5.57.